The number of ether oxygens (including phenoxy) is 2. The first-order valence-electron chi connectivity index (χ1n) is 7.55. The second kappa shape index (κ2) is 7.99. The van der Waals surface area contributed by atoms with Gasteiger partial charge in [-0.1, -0.05) is 5.16 Å². The van der Waals surface area contributed by atoms with Gasteiger partial charge in [-0.25, -0.2) is 0 Å². The number of nitrogens with zero attached hydrogens (tertiary/aromatic N) is 2. The SMILES string of the molecule is COc1ccc(OC)c(CN(CCO)Cc2c(C)noc2C)c1. The highest BCUT2D eigenvalue weighted by molar-refractivity contribution is 5.40. The van der Waals surface area contributed by atoms with E-state index in [4.69, 9.17) is 14.0 Å². The molecule has 0 spiro atoms. The van der Waals surface area contributed by atoms with Crippen LogP contribution in [-0.4, -0.2) is 42.5 Å². The molecule has 6 heteroatoms. The van der Waals surface area contributed by atoms with Gasteiger partial charge in [-0.05, 0) is 32.0 Å². The second-order valence-electron chi connectivity index (χ2n) is 5.41. The molecule has 23 heavy (non-hydrogen) atoms. The van der Waals surface area contributed by atoms with Gasteiger partial charge in [-0.2, -0.15) is 0 Å². The Morgan fingerprint density at radius 2 is 1.96 bits per heavy atom. The van der Waals surface area contributed by atoms with E-state index in [2.05, 4.69) is 10.1 Å². The first kappa shape index (κ1) is 17.3. The summed E-state index contributed by atoms with van der Waals surface area (Å²) < 4.78 is 15.9. The lowest BCUT2D eigenvalue weighted by atomic mass is 10.1. The molecular weight excluding hydrogens is 296 g/mol. The number of benzene rings is 1. The third-order valence-electron chi connectivity index (χ3n) is 3.86. The number of aliphatic hydroxyl groups is 1. The summed E-state index contributed by atoms with van der Waals surface area (Å²) in [6, 6.07) is 5.71. The van der Waals surface area contributed by atoms with Gasteiger partial charge in [0.05, 0.1) is 26.5 Å². The molecule has 1 N–H and O–H groups in total. The summed E-state index contributed by atoms with van der Waals surface area (Å²) in [4.78, 5) is 2.13. The third kappa shape index (κ3) is 4.24. The Kier molecular flexibility index (Phi) is 6.01. The summed E-state index contributed by atoms with van der Waals surface area (Å²) in [5.74, 6) is 2.39. The lowest BCUT2D eigenvalue weighted by Crippen LogP contribution is -2.26. The van der Waals surface area contributed by atoms with Crippen molar-refractivity contribution in [3.05, 3.63) is 40.8 Å². The van der Waals surface area contributed by atoms with Crippen LogP contribution in [-0.2, 0) is 13.1 Å². The van der Waals surface area contributed by atoms with Gasteiger partial charge in [-0.15, -0.1) is 0 Å². The first-order chi connectivity index (χ1) is 11.1. The van der Waals surface area contributed by atoms with Crippen LogP contribution < -0.4 is 9.47 Å². The van der Waals surface area contributed by atoms with Gasteiger partial charge in [0.25, 0.3) is 0 Å². The fourth-order valence-corrected chi connectivity index (χ4v) is 2.55. The number of rotatable bonds is 8. The Morgan fingerprint density at radius 1 is 1.17 bits per heavy atom. The Morgan fingerprint density at radius 3 is 2.52 bits per heavy atom. The van der Waals surface area contributed by atoms with Crippen LogP contribution in [0, 0.1) is 13.8 Å². The van der Waals surface area contributed by atoms with Crippen molar-refractivity contribution in [1.82, 2.24) is 10.1 Å². The van der Waals surface area contributed by atoms with Crippen LogP contribution in [0.5, 0.6) is 11.5 Å². The van der Waals surface area contributed by atoms with E-state index in [1.54, 1.807) is 14.2 Å². The summed E-state index contributed by atoms with van der Waals surface area (Å²) in [5, 5.41) is 13.4. The predicted octanol–water partition coefficient (Wildman–Crippen LogP) is 2.30. The van der Waals surface area contributed by atoms with Gasteiger partial charge >= 0.3 is 0 Å². The average molecular weight is 320 g/mol. The maximum absolute atomic E-state index is 9.37. The number of aromatic nitrogens is 1. The molecule has 1 heterocycles. The van der Waals surface area contributed by atoms with Crippen LogP contribution in [0.3, 0.4) is 0 Å². The topological polar surface area (TPSA) is 68.0 Å². The van der Waals surface area contributed by atoms with E-state index in [1.165, 1.54) is 0 Å². The van der Waals surface area contributed by atoms with Crippen molar-refractivity contribution in [3.63, 3.8) is 0 Å². The maximum atomic E-state index is 9.37. The largest absolute Gasteiger partial charge is 0.497 e. The van der Waals surface area contributed by atoms with Crippen LogP contribution in [0.2, 0.25) is 0 Å². The molecule has 0 fully saturated rings. The molecule has 0 aliphatic heterocycles. The van der Waals surface area contributed by atoms with E-state index >= 15 is 0 Å². The quantitative estimate of drug-likeness (QED) is 0.805. The van der Waals surface area contributed by atoms with E-state index in [0.29, 0.717) is 19.6 Å². The predicted molar refractivity (Wildman–Crippen MR) is 86.7 cm³/mol. The van der Waals surface area contributed by atoms with Crippen molar-refractivity contribution in [1.29, 1.82) is 0 Å². The van der Waals surface area contributed by atoms with E-state index in [9.17, 15) is 5.11 Å². The lowest BCUT2D eigenvalue weighted by Gasteiger charge is -2.22. The molecule has 2 aromatic rings. The summed E-state index contributed by atoms with van der Waals surface area (Å²) in [6.07, 6.45) is 0. The number of aliphatic hydroxyl groups excluding tert-OH is 1. The van der Waals surface area contributed by atoms with Crippen molar-refractivity contribution >= 4 is 0 Å². The van der Waals surface area contributed by atoms with Crippen molar-refractivity contribution in [2.24, 2.45) is 0 Å². The lowest BCUT2D eigenvalue weighted by molar-refractivity contribution is 0.182. The Labute approximate surface area is 136 Å². The normalized spacial score (nSPS) is 11.0. The number of aryl methyl sites for hydroxylation is 2. The van der Waals surface area contributed by atoms with E-state index in [0.717, 1.165) is 34.1 Å². The first-order valence-corrected chi connectivity index (χ1v) is 7.55. The molecule has 0 unspecified atom stereocenters. The molecule has 6 nitrogen and oxygen atoms in total. The summed E-state index contributed by atoms with van der Waals surface area (Å²) in [5.41, 5.74) is 2.94. The molecule has 0 atom stereocenters. The minimum atomic E-state index is 0.0790. The van der Waals surface area contributed by atoms with Crippen molar-refractivity contribution in [2.45, 2.75) is 26.9 Å². The van der Waals surface area contributed by atoms with E-state index < -0.39 is 0 Å². The smallest absolute Gasteiger partial charge is 0.138 e. The molecule has 0 saturated carbocycles. The number of hydrogen-bond acceptors (Lipinski definition) is 6. The Bertz CT molecular complexity index is 620. The van der Waals surface area contributed by atoms with Gasteiger partial charge in [0.2, 0.25) is 0 Å². The molecule has 126 valence electrons. The van der Waals surface area contributed by atoms with Gasteiger partial charge in [0.15, 0.2) is 0 Å². The number of methoxy groups -OCH3 is 2. The highest BCUT2D eigenvalue weighted by Crippen LogP contribution is 2.26. The van der Waals surface area contributed by atoms with Crippen LogP contribution in [0.1, 0.15) is 22.6 Å². The molecule has 0 aliphatic carbocycles. The van der Waals surface area contributed by atoms with Gasteiger partial charge in [0, 0.05) is 30.8 Å². The van der Waals surface area contributed by atoms with Gasteiger partial charge in [-0.3, -0.25) is 4.90 Å². The summed E-state index contributed by atoms with van der Waals surface area (Å²) in [7, 11) is 3.29. The van der Waals surface area contributed by atoms with Crippen molar-refractivity contribution < 1.29 is 19.1 Å². The molecular formula is C17H24N2O4. The van der Waals surface area contributed by atoms with E-state index in [-0.39, 0.29) is 6.61 Å². The minimum absolute atomic E-state index is 0.0790. The zero-order valence-corrected chi connectivity index (χ0v) is 14.1. The molecule has 0 aliphatic rings. The minimum Gasteiger partial charge on any atom is -0.497 e. The summed E-state index contributed by atoms with van der Waals surface area (Å²) in [6.45, 7) is 5.74. The highest BCUT2D eigenvalue weighted by atomic mass is 16.5. The molecule has 2 rings (SSSR count). The van der Waals surface area contributed by atoms with E-state index in [1.807, 2.05) is 32.0 Å². The average Bonchev–Trinajstić information content (AvgIpc) is 2.87. The molecule has 0 bridgehead atoms. The molecule has 0 saturated heterocycles. The fourth-order valence-electron chi connectivity index (χ4n) is 2.55. The second-order valence-corrected chi connectivity index (χ2v) is 5.41. The molecule has 1 aromatic carbocycles. The van der Waals surface area contributed by atoms with Crippen LogP contribution in [0.25, 0.3) is 0 Å². The van der Waals surface area contributed by atoms with Crippen LogP contribution >= 0.6 is 0 Å². The Balaban J connectivity index is 2.22. The zero-order valence-electron chi connectivity index (χ0n) is 14.1. The van der Waals surface area contributed by atoms with Crippen LogP contribution in [0.15, 0.2) is 22.7 Å². The Hall–Kier alpha value is -2.05. The number of hydrogen-bond donors (Lipinski definition) is 1. The molecule has 0 radical (unpaired) electrons. The molecule has 0 amide bonds. The van der Waals surface area contributed by atoms with Crippen molar-refractivity contribution in [2.75, 3.05) is 27.4 Å². The standard InChI is InChI=1S/C17H24N2O4/c1-12-16(13(2)23-18-12)11-19(7-8-20)10-14-9-15(21-3)5-6-17(14)22-4/h5-6,9,20H,7-8,10-11H2,1-4H3. The molecule has 1 aromatic heterocycles. The van der Waals surface area contributed by atoms with Crippen molar-refractivity contribution in [3.8, 4) is 11.5 Å². The van der Waals surface area contributed by atoms with Crippen LogP contribution in [0.4, 0.5) is 0 Å². The zero-order chi connectivity index (χ0) is 16.8. The van der Waals surface area contributed by atoms with Gasteiger partial charge < -0.3 is 19.1 Å². The highest BCUT2D eigenvalue weighted by Gasteiger charge is 2.16. The fraction of sp³-hybridized carbons (Fsp3) is 0.471. The van der Waals surface area contributed by atoms with Gasteiger partial charge in [0.1, 0.15) is 17.3 Å². The summed E-state index contributed by atoms with van der Waals surface area (Å²) >= 11 is 0. The third-order valence-corrected chi connectivity index (χ3v) is 3.86. The maximum Gasteiger partial charge on any atom is 0.138 e. The monoisotopic (exact) mass is 320 g/mol.